The minimum atomic E-state index is -0.701. The zero-order chi connectivity index (χ0) is 16.1. The maximum absolute atomic E-state index is 12.4. The smallest absolute Gasteiger partial charge is 0.253 e. The number of amides is 2. The second-order valence-electron chi connectivity index (χ2n) is 4.98. The van der Waals surface area contributed by atoms with Crippen molar-refractivity contribution in [1.29, 1.82) is 0 Å². The first-order chi connectivity index (χ1) is 10.5. The molecule has 0 bridgehead atoms. The normalized spacial score (nSPS) is 11.8. The van der Waals surface area contributed by atoms with E-state index in [-0.39, 0.29) is 18.4 Å². The summed E-state index contributed by atoms with van der Waals surface area (Å²) in [6.07, 6.45) is -0.701. The van der Waals surface area contributed by atoms with Gasteiger partial charge in [-0.1, -0.05) is 12.1 Å². The van der Waals surface area contributed by atoms with Gasteiger partial charge in [-0.3, -0.25) is 9.59 Å². The molecule has 0 spiro atoms. The predicted octanol–water partition coefficient (Wildman–Crippen LogP) is 2.51. The number of aliphatic hydroxyl groups is 1. The minimum Gasteiger partial charge on any atom is -0.386 e. The molecular formula is C16H18N2O3S. The largest absolute Gasteiger partial charge is 0.386 e. The summed E-state index contributed by atoms with van der Waals surface area (Å²) in [4.78, 5) is 25.8. The van der Waals surface area contributed by atoms with E-state index in [0.717, 1.165) is 4.88 Å². The highest BCUT2D eigenvalue weighted by Gasteiger charge is 2.17. The van der Waals surface area contributed by atoms with Gasteiger partial charge in [-0.05, 0) is 29.6 Å². The molecule has 2 N–H and O–H groups in total. The molecule has 1 atom stereocenters. The molecule has 0 aliphatic carbocycles. The third kappa shape index (κ3) is 4.16. The van der Waals surface area contributed by atoms with Gasteiger partial charge < -0.3 is 15.3 Å². The Bertz CT molecular complexity index is 655. The Morgan fingerprint density at radius 2 is 2.09 bits per heavy atom. The molecule has 0 fully saturated rings. The van der Waals surface area contributed by atoms with Gasteiger partial charge in [0.2, 0.25) is 5.91 Å². The summed E-state index contributed by atoms with van der Waals surface area (Å²) < 4.78 is 0. The molecule has 5 nitrogen and oxygen atoms in total. The average Bonchev–Trinajstić information content (AvgIpc) is 3.00. The fraction of sp³-hybridized carbons (Fsp3) is 0.250. The number of carbonyl (C=O) groups excluding carboxylic acids is 2. The number of hydrogen-bond acceptors (Lipinski definition) is 4. The number of hydrogen-bond donors (Lipinski definition) is 2. The fourth-order valence-corrected chi connectivity index (χ4v) is 2.77. The molecule has 2 aromatic rings. The van der Waals surface area contributed by atoms with Crippen LogP contribution in [0.4, 0.5) is 5.69 Å². The lowest BCUT2D eigenvalue weighted by Gasteiger charge is -2.20. The first-order valence-corrected chi connectivity index (χ1v) is 7.70. The summed E-state index contributed by atoms with van der Waals surface area (Å²) in [5, 5.41) is 14.6. The van der Waals surface area contributed by atoms with Crippen LogP contribution in [0.5, 0.6) is 0 Å². The molecule has 0 aliphatic heterocycles. The molecule has 0 saturated carbocycles. The van der Waals surface area contributed by atoms with E-state index in [2.05, 4.69) is 5.32 Å². The Hall–Kier alpha value is -2.18. The molecule has 116 valence electrons. The van der Waals surface area contributed by atoms with Crippen molar-refractivity contribution in [1.82, 2.24) is 4.90 Å². The number of thiophene rings is 1. The van der Waals surface area contributed by atoms with Gasteiger partial charge in [0.25, 0.3) is 5.91 Å². The monoisotopic (exact) mass is 318 g/mol. The van der Waals surface area contributed by atoms with Gasteiger partial charge in [0, 0.05) is 30.1 Å². The van der Waals surface area contributed by atoms with E-state index < -0.39 is 6.10 Å². The lowest BCUT2D eigenvalue weighted by molar-refractivity contribution is -0.114. The number of benzene rings is 1. The van der Waals surface area contributed by atoms with Gasteiger partial charge in [0.05, 0.1) is 6.54 Å². The van der Waals surface area contributed by atoms with E-state index in [1.807, 2.05) is 17.5 Å². The molecular weight excluding hydrogens is 300 g/mol. The van der Waals surface area contributed by atoms with Crippen molar-refractivity contribution < 1.29 is 14.7 Å². The van der Waals surface area contributed by atoms with E-state index in [1.54, 1.807) is 31.3 Å². The molecule has 0 aliphatic rings. The Morgan fingerprint density at radius 1 is 1.32 bits per heavy atom. The molecule has 1 heterocycles. The van der Waals surface area contributed by atoms with Crippen LogP contribution in [0, 0.1) is 0 Å². The number of likely N-dealkylation sites (N-methyl/N-ethyl adjacent to an activating group) is 1. The van der Waals surface area contributed by atoms with E-state index in [0.29, 0.717) is 11.3 Å². The van der Waals surface area contributed by atoms with Gasteiger partial charge >= 0.3 is 0 Å². The quantitative estimate of drug-likeness (QED) is 0.890. The van der Waals surface area contributed by atoms with E-state index >= 15 is 0 Å². The van der Waals surface area contributed by atoms with Crippen LogP contribution in [0.15, 0.2) is 41.8 Å². The Labute approximate surface area is 133 Å². The molecule has 0 saturated heterocycles. The summed E-state index contributed by atoms with van der Waals surface area (Å²) >= 11 is 1.45. The topological polar surface area (TPSA) is 69.6 Å². The predicted molar refractivity (Wildman–Crippen MR) is 87.0 cm³/mol. The Balaban J connectivity index is 2.05. The molecule has 2 rings (SSSR count). The zero-order valence-electron chi connectivity index (χ0n) is 12.4. The number of nitrogens with zero attached hydrogens (tertiary/aromatic N) is 1. The summed E-state index contributed by atoms with van der Waals surface area (Å²) in [6.45, 7) is 1.63. The summed E-state index contributed by atoms with van der Waals surface area (Å²) in [5.41, 5.74) is 1.04. The molecule has 22 heavy (non-hydrogen) atoms. The summed E-state index contributed by atoms with van der Waals surface area (Å²) in [7, 11) is 1.64. The number of carbonyl (C=O) groups is 2. The summed E-state index contributed by atoms with van der Waals surface area (Å²) in [5.74, 6) is -0.395. The number of nitrogens with one attached hydrogen (secondary N) is 1. The van der Waals surface area contributed by atoms with Crippen molar-refractivity contribution in [3.05, 3.63) is 52.2 Å². The molecule has 2 amide bonds. The molecule has 6 heteroatoms. The van der Waals surface area contributed by atoms with E-state index in [1.165, 1.54) is 23.2 Å². The fourth-order valence-electron chi connectivity index (χ4n) is 2.07. The van der Waals surface area contributed by atoms with Crippen molar-refractivity contribution in [2.45, 2.75) is 13.0 Å². The SMILES string of the molecule is CC(=O)Nc1cccc(C(=O)N(C)CC(O)c2cccs2)c1. The highest BCUT2D eigenvalue weighted by atomic mass is 32.1. The Kier molecular flexibility index (Phi) is 5.30. The first-order valence-electron chi connectivity index (χ1n) is 6.82. The Morgan fingerprint density at radius 3 is 2.73 bits per heavy atom. The zero-order valence-corrected chi connectivity index (χ0v) is 13.3. The van der Waals surface area contributed by atoms with Crippen LogP contribution in [0.2, 0.25) is 0 Å². The van der Waals surface area contributed by atoms with Gasteiger partial charge in [-0.25, -0.2) is 0 Å². The van der Waals surface area contributed by atoms with Gasteiger partial charge in [0.1, 0.15) is 6.10 Å². The first kappa shape index (κ1) is 16.2. The highest BCUT2D eigenvalue weighted by Crippen LogP contribution is 2.20. The standard InChI is InChI=1S/C16H18N2O3S/c1-11(19)17-13-6-3-5-12(9-13)16(21)18(2)10-14(20)15-7-4-8-22-15/h3-9,14,20H,10H2,1-2H3,(H,17,19). The van der Waals surface area contributed by atoms with Crippen LogP contribution in [-0.4, -0.2) is 35.4 Å². The number of aliphatic hydroxyl groups excluding tert-OH is 1. The third-order valence-corrected chi connectivity index (χ3v) is 4.07. The summed E-state index contributed by atoms with van der Waals surface area (Å²) in [6, 6.07) is 10.4. The van der Waals surface area contributed by atoms with E-state index in [4.69, 9.17) is 0 Å². The van der Waals surface area contributed by atoms with Crippen molar-refractivity contribution in [3.63, 3.8) is 0 Å². The van der Waals surface area contributed by atoms with Crippen molar-refractivity contribution >= 4 is 28.8 Å². The van der Waals surface area contributed by atoms with Crippen LogP contribution < -0.4 is 5.32 Å². The number of rotatable bonds is 5. The molecule has 1 aromatic heterocycles. The van der Waals surface area contributed by atoms with Crippen molar-refractivity contribution in [2.75, 3.05) is 18.9 Å². The van der Waals surface area contributed by atoms with E-state index in [9.17, 15) is 14.7 Å². The number of anilines is 1. The van der Waals surface area contributed by atoms with Crippen LogP contribution in [0.25, 0.3) is 0 Å². The van der Waals surface area contributed by atoms with Gasteiger partial charge in [0.15, 0.2) is 0 Å². The maximum atomic E-state index is 12.4. The van der Waals surface area contributed by atoms with Gasteiger partial charge in [-0.15, -0.1) is 11.3 Å². The van der Waals surface area contributed by atoms with Crippen molar-refractivity contribution in [3.8, 4) is 0 Å². The van der Waals surface area contributed by atoms with Crippen LogP contribution in [0.1, 0.15) is 28.3 Å². The van der Waals surface area contributed by atoms with Crippen LogP contribution in [-0.2, 0) is 4.79 Å². The van der Waals surface area contributed by atoms with Crippen LogP contribution >= 0.6 is 11.3 Å². The molecule has 1 unspecified atom stereocenters. The average molecular weight is 318 g/mol. The maximum Gasteiger partial charge on any atom is 0.253 e. The van der Waals surface area contributed by atoms with Crippen LogP contribution in [0.3, 0.4) is 0 Å². The molecule has 0 radical (unpaired) electrons. The second-order valence-corrected chi connectivity index (χ2v) is 5.96. The second kappa shape index (κ2) is 7.20. The third-order valence-electron chi connectivity index (χ3n) is 3.09. The lowest BCUT2D eigenvalue weighted by atomic mass is 10.1. The van der Waals surface area contributed by atoms with Gasteiger partial charge in [-0.2, -0.15) is 0 Å². The highest BCUT2D eigenvalue weighted by molar-refractivity contribution is 7.10. The minimum absolute atomic E-state index is 0.189. The lowest BCUT2D eigenvalue weighted by Crippen LogP contribution is -2.30. The van der Waals surface area contributed by atoms with Crippen molar-refractivity contribution in [2.24, 2.45) is 0 Å². The molecule has 1 aromatic carbocycles.